The fourth-order valence-electron chi connectivity index (χ4n) is 7.32. The molecule has 19 heteroatoms. The number of primary amides is 1. The molecule has 1 heterocycles. The Labute approximate surface area is 339 Å². The van der Waals surface area contributed by atoms with Crippen LogP contribution in [0.4, 0.5) is 4.39 Å². The molecule has 0 aromatic heterocycles. The maximum atomic E-state index is 14.6. The first-order valence-corrected chi connectivity index (χ1v) is 21.6. The number of Topliss-reactive ketones (excluding diaryl/α,β-unsaturated/α-hetero) is 1. The first-order chi connectivity index (χ1) is 27.0. The summed E-state index contributed by atoms with van der Waals surface area (Å²) in [6.45, 7) is 9.77. The molecular formula is C39H60FN7O10S. The third-order valence-electron chi connectivity index (χ3n) is 9.96. The Morgan fingerprint density at radius 1 is 1.00 bits per heavy atom. The minimum Gasteiger partial charge on any atom is -0.371 e. The van der Waals surface area contributed by atoms with Crippen LogP contribution in [0.5, 0.6) is 0 Å². The van der Waals surface area contributed by atoms with Crippen molar-refractivity contribution in [1.82, 2.24) is 30.9 Å². The number of sulfonamides is 1. The van der Waals surface area contributed by atoms with E-state index in [0.29, 0.717) is 19.3 Å². The van der Waals surface area contributed by atoms with Crippen molar-refractivity contribution in [3.8, 4) is 0 Å². The number of ketones is 1. The van der Waals surface area contributed by atoms with E-state index in [9.17, 15) is 46.4 Å². The molecule has 6 atom stereocenters. The number of nitrogens with two attached hydrogens (primary N) is 1. The number of nitrogens with zero attached hydrogens (tertiary/aromatic N) is 1. The molecule has 1 aromatic rings. The predicted octanol–water partition coefficient (Wildman–Crippen LogP) is 0.862. The molecule has 1 aliphatic heterocycles. The van der Waals surface area contributed by atoms with Crippen molar-refractivity contribution in [2.45, 2.75) is 135 Å². The van der Waals surface area contributed by atoms with Gasteiger partial charge in [-0.3, -0.25) is 33.6 Å². The van der Waals surface area contributed by atoms with Crippen molar-refractivity contribution in [2.75, 3.05) is 19.3 Å². The van der Waals surface area contributed by atoms with Gasteiger partial charge >= 0.3 is 0 Å². The lowest BCUT2D eigenvalue weighted by atomic mass is 9.83. The van der Waals surface area contributed by atoms with E-state index in [4.69, 9.17) is 10.5 Å². The van der Waals surface area contributed by atoms with Crippen LogP contribution in [-0.2, 0) is 48.3 Å². The van der Waals surface area contributed by atoms with Crippen molar-refractivity contribution in [1.29, 1.82) is 0 Å². The molecule has 6 amide bonds. The number of benzene rings is 1. The summed E-state index contributed by atoms with van der Waals surface area (Å²) >= 11 is 0. The number of carbonyl (C=O) groups excluding carboxylic acids is 7. The zero-order valence-corrected chi connectivity index (χ0v) is 35.2. The van der Waals surface area contributed by atoms with E-state index in [2.05, 4.69) is 26.0 Å². The van der Waals surface area contributed by atoms with Crippen molar-refractivity contribution in [2.24, 2.45) is 17.6 Å². The van der Waals surface area contributed by atoms with Gasteiger partial charge in [-0.1, -0.05) is 58.6 Å². The molecule has 0 radical (unpaired) electrons. The first-order valence-electron chi connectivity index (χ1n) is 19.7. The number of halogens is 1. The first kappa shape index (κ1) is 47.9. The second kappa shape index (κ2) is 21.0. The molecule has 1 aliphatic carbocycles. The van der Waals surface area contributed by atoms with Gasteiger partial charge in [0.25, 0.3) is 5.91 Å². The Bertz CT molecular complexity index is 1780. The van der Waals surface area contributed by atoms with Gasteiger partial charge in [-0.05, 0) is 69.6 Å². The summed E-state index contributed by atoms with van der Waals surface area (Å²) in [5.74, 6) is -7.56. The fourth-order valence-corrected chi connectivity index (χ4v) is 8.16. The average molecular weight is 838 g/mol. The topological polar surface area (TPSA) is 252 Å². The van der Waals surface area contributed by atoms with Gasteiger partial charge in [0, 0.05) is 13.0 Å². The lowest BCUT2D eigenvalue weighted by molar-refractivity contribution is -0.145. The smallest absolute Gasteiger partial charge is 0.290 e. The van der Waals surface area contributed by atoms with Gasteiger partial charge in [0.2, 0.25) is 45.3 Å². The number of hydrogen-bond acceptors (Lipinski definition) is 10. The van der Waals surface area contributed by atoms with Gasteiger partial charge in [-0.25, -0.2) is 17.5 Å². The highest BCUT2D eigenvalue weighted by Gasteiger charge is 2.46. The normalized spacial score (nSPS) is 19.7. The zero-order valence-electron chi connectivity index (χ0n) is 34.4. The number of carbonyl (C=O) groups is 7. The Hall–Kier alpha value is -4.49. The summed E-state index contributed by atoms with van der Waals surface area (Å²) in [5.41, 5.74) is 4.80. The van der Waals surface area contributed by atoms with Crippen LogP contribution >= 0.6 is 0 Å². The van der Waals surface area contributed by atoms with Crippen molar-refractivity contribution < 1.29 is 51.1 Å². The summed E-state index contributed by atoms with van der Waals surface area (Å²) in [6.07, 6.45) is 4.54. The molecule has 0 spiro atoms. The maximum absolute atomic E-state index is 14.6. The Kier molecular flexibility index (Phi) is 17.3. The molecule has 58 heavy (non-hydrogen) atoms. The molecule has 1 saturated carbocycles. The Morgan fingerprint density at radius 3 is 2.21 bits per heavy atom. The minimum atomic E-state index is -3.79. The molecule has 0 bridgehead atoms. The van der Waals surface area contributed by atoms with Crippen molar-refractivity contribution in [3.63, 3.8) is 0 Å². The second-order valence-electron chi connectivity index (χ2n) is 16.4. The van der Waals surface area contributed by atoms with Crippen LogP contribution in [0.2, 0.25) is 0 Å². The summed E-state index contributed by atoms with van der Waals surface area (Å²) in [7, 11) is -3.79. The molecule has 324 valence electrons. The van der Waals surface area contributed by atoms with E-state index in [1.807, 2.05) is 20.8 Å². The van der Waals surface area contributed by atoms with Crippen LogP contribution in [0.25, 0.3) is 0 Å². The Morgan fingerprint density at radius 2 is 1.66 bits per heavy atom. The van der Waals surface area contributed by atoms with Crippen LogP contribution in [0, 0.1) is 17.7 Å². The molecular weight excluding hydrogens is 778 g/mol. The molecule has 6 unspecified atom stereocenters. The highest BCUT2D eigenvalue weighted by molar-refractivity contribution is 7.88. The Balaban J connectivity index is 1.82. The number of hydrogen-bond donors (Lipinski definition) is 6. The molecule has 1 saturated heterocycles. The molecule has 3 rings (SSSR count). The van der Waals surface area contributed by atoms with E-state index < -0.39 is 111 Å². The zero-order chi connectivity index (χ0) is 43.5. The summed E-state index contributed by atoms with van der Waals surface area (Å²) in [5, 5.41) is 9.94. The SMILES string of the molecule is CCCC(NC(=O)C1CC(OC(C)(C)C)CN1C(=O)C(NC(=O)C(NS(C)(=O)=O)C(C)C)C1CCCCC1)C(=O)C(=O)NCC(=O)NC(C(N)=O)c1cccc(F)c1. The number of likely N-dealkylation sites (tertiary alicyclic amines) is 1. The van der Waals surface area contributed by atoms with Gasteiger partial charge in [-0.2, -0.15) is 0 Å². The lowest BCUT2D eigenvalue weighted by Gasteiger charge is -2.36. The molecule has 1 aromatic carbocycles. The molecule has 2 fully saturated rings. The minimum absolute atomic E-state index is 0.0214. The van der Waals surface area contributed by atoms with Crippen LogP contribution < -0.4 is 31.7 Å². The van der Waals surface area contributed by atoms with Crippen LogP contribution in [-0.4, -0.2) is 110 Å². The predicted molar refractivity (Wildman–Crippen MR) is 211 cm³/mol. The van der Waals surface area contributed by atoms with Gasteiger partial charge in [0.05, 0.1) is 30.5 Å². The van der Waals surface area contributed by atoms with Crippen LogP contribution in [0.15, 0.2) is 24.3 Å². The molecule has 17 nitrogen and oxygen atoms in total. The third kappa shape index (κ3) is 14.4. The lowest BCUT2D eigenvalue weighted by Crippen LogP contribution is -2.60. The average Bonchev–Trinajstić information content (AvgIpc) is 3.55. The van der Waals surface area contributed by atoms with E-state index >= 15 is 0 Å². The van der Waals surface area contributed by atoms with Gasteiger partial charge in [0.15, 0.2) is 0 Å². The van der Waals surface area contributed by atoms with Gasteiger partial charge in [0.1, 0.15) is 30.0 Å². The fraction of sp³-hybridized carbons (Fsp3) is 0.667. The van der Waals surface area contributed by atoms with E-state index in [0.717, 1.165) is 37.7 Å². The molecule has 7 N–H and O–H groups in total. The summed E-state index contributed by atoms with van der Waals surface area (Å²) in [6, 6.07) is -1.35. The van der Waals surface area contributed by atoms with Crippen LogP contribution in [0.3, 0.4) is 0 Å². The number of amides is 6. The summed E-state index contributed by atoms with van der Waals surface area (Å²) < 4.78 is 46.6. The van der Waals surface area contributed by atoms with E-state index in [1.54, 1.807) is 20.8 Å². The van der Waals surface area contributed by atoms with E-state index in [-0.39, 0.29) is 30.9 Å². The highest BCUT2D eigenvalue weighted by Crippen LogP contribution is 2.31. The van der Waals surface area contributed by atoms with Gasteiger partial charge in [-0.15, -0.1) is 0 Å². The third-order valence-corrected chi connectivity index (χ3v) is 10.6. The largest absolute Gasteiger partial charge is 0.371 e. The standard InChI is InChI=1S/C39H60FN7O10S/c1-8-13-27(33(49)37(53)42-20-29(48)44-31(34(41)50)24-16-12-17-25(40)18-24)43-35(51)28-19-26(57-39(4,5)6)21-47(28)38(54)32(23-14-10-9-11-15-23)45-36(52)30(22(2)3)46-58(7,55)56/h12,16-18,22-23,26-28,30-32,46H,8-11,13-15,19-21H2,1-7H3,(H2,41,50)(H,42,53)(H,43,51)(H,44,48)(H,45,52). The van der Waals surface area contributed by atoms with E-state index in [1.165, 1.54) is 17.0 Å². The number of nitrogens with one attached hydrogen (secondary N) is 5. The van der Waals surface area contributed by atoms with Crippen molar-refractivity contribution >= 4 is 51.2 Å². The monoisotopic (exact) mass is 837 g/mol. The maximum Gasteiger partial charge on any atom is 0.290 e. The van der Waals surface area contributed by atoms with Crippen LogP contribution in [0.1, 0.15) is 105 Å². The van der Waals surface area contributed by atoms with Gasteiger partial charge < -0.3 is 36.6 Å². The molecule has 2 aliphatic rings. The number of rotatable bonds is 19. The number of ether oxygens (including phenoxy) is 1. The highest BCUT2D eigenvalue weighted by atomic mass is 32.2. The van der Waals surface area contributed by atoms with Crippen molar-refractivity contribution in [3.05, 3.63) is 35.6 Å². The second-order valence-corrected chi connectivity index (χ2v) is 18.2. The summed E-state index contributed by atoms with van der Waals surface area (Å²) in [4.78, 5) is 94.9. The quantitative estimate of drug-likeness (QED) is 0.107.